The normalized spacial score (nSPS) is 10.8. The number of rotatable bonds is 6. The summed E-state index contributed by atoms with van der Waals surface area (Å²) in [5, 5.41) is 14.0. The Labute approximate surface area is 115 Å². The van der Waals surface area contributed by atoms with Crippen LogP contribution in [-0.4, -0.2) is 31.9 Å². The SMILES string of the molecule is c1cncc(-c2[nH]ncc2CNCCc2ncno2)c1. The van der Waals surface area contributed by atoms with Gasteiger partial charge >= 0.3 is 0 Å². The van der Waals surface area contributed by atoms with Crippen molar-refractivity contribution in [3.8, 4) is 11.3 Å². The third kappa shape index (κ3) is 2.89. The number of aromatic amines is 1. The van der Waals surface area contributed by atoms with Crippen molar-refractivity contribution in [1.82, 2.24) is 30.6 Å². The molecule has 3 aromatic rings. The summed E-state index contributed by atoms with van der Waals surface area (Å²) in [4.78, 5) is 8.09. The lowest BCUT2D eigenvalue weighted by molar-refractivity contribution is 0.375. The minimum absolute atomic E-state index is 0.636. The van der Waals surface area contributed by atoms with Gasteiger partial charge in [0, 0.05) is 43.0 Å². The van der Waals surface area contributed by atoms with Crippen LogP contribution in [0.25, 0.3) is 11.3 Å². The number of nitrogens with zero attached hydrogens (tertiary/aromatic N) is 4. The molecule has 7 nitrogen and oxygen atoms in total. The first-order valence-corrected chi connectivity index (χ1v) is 6.32. The second-order valence-corrected chi connectivity index (χ2v) is 4.27. The Bertz CT molecular complexity index is 634. The molecule has 102 valence electrons. The van der Waals surface area contributed by atoms with Crippen molar-refractivity contribution in [2.24, 2.45) is 0 Å². The standard InChI is InChI=1S/C13H14N6O/c1-2-10(6-14-4-1)13-11(8-17-19-13)7-15-5-3-12-16-9-18-20-12/h1-2,4,6,8-9,15H,3,5,7H2,(H,17,19). The van der Waals surface area contributed by atoms with E-state index in [9.17, 15) is 0 Å². The van der Waals surface area contributed by atoms with Crippen LogP contribution in [0.5, 0.6) is 0 Å². The van der Waals surface area contributed by atoms with Gasteiger partial charge in [-0.1, -0.05) is 5.16 Å². The zero-order chi connectivity index (χ0) is 13.6. The summed E-state index contributed by atoms with van der Waals surface area (Å²) in [6.45, 7) is 1.48. The van der Waals surface area contributed by atoms with Crippen LogP contribution in [0.1, 0.15) is 11.5 Å². The van der Waals surface area contributed by atoms with E-state index in [4.69, 9.17) is 4.52 Å². The summed E-state index contributed by atoms with van der Waals surface area (Å²) in [5.41, 5.74) is 3.12. The molecule has 3 aromatic heterocycles. The second kappa shape index (κ2) is 6.07. The Morgan fingerprint density at radius 3 is 3.10 bits per heavy atom. The number of aromatic nitrogens is 5. The lowest BCUT2D eigenvalue weighted by Gasteiger charge is -2.04. The van der Waals surface area contributed by atoms with Crippen molar-refractivity contribution in [1.29, 1.82) is 0 Å². The highest BCUT2D eigenvalue weighted by Gasteiger charge is 2.07. The molecule has 3 rings (SSSR count). The lowest BCUT2D eigenvalue weighted by atomic mass is 10.1. The van der Waals surface area contributed by atoms with Gasteiger partial charge in [-0.2, -0.15) is 10.1 Å². The molecule has 0 saturated heterocycles. The Morgan fingerprint density at radius 2 is 2.30 bits per heavy atom. The molecule has 0 aromatic carbocycles. The molecule has 0 atom stereocenters. The number of pyridine rings is 1. The highest BCUT2D eigenvalue weighted by atomic mass is 16.5. The van der Waals surface area contributed by atoms with E-state index >= 15 is 0 Å². The fourth-order valence-corrected chi connectivity index (χ4v) is 1.93. The molecular formula is C13H14N6O. The van der Waals surface area contributed by atoms with Gasteiger partial charge in [0.2, 0.25) is 5.89 Å². The zero-order valence-corrected chi connectivity index (χ0v) is 10.8. The molecule has 0 fully saturated rings. The summed E-state index contributed by atoms with van der Waals surface area (Å²) >= 11 is 0. The summed E-state index contributed by atoms with van der Waals surface area (Å²) in [7, 11) is 0. The van der Waals surface area contributed by atoms with Gasteiger partial charge in [-0.25, -0.2) is 0 Å². The summed E-state index contributed by atoms with van der Waals surface area (Å²) in [5.74, 6) is 0.636. The first-order chi connectivity index (χ1) is 9.93. The smallest absolute Gasteiger partial charge is 0.227 e. The van der Waals surface area contributed by atoms with Gasteiger partial charge in [-0.05, 0) is 12.1 Å². The summed E-state index contributed by atoms with van der Waals surface area (Å²) < 4.78 is 4.94. The van der Waals surface area contributed by atoms with Crippen molar-refractivity contribution >= 4 is 0 Å². The van der Waals surface area contributed by atoms with Crippen LogP contribution in [0.3, 0.4) is 0 Å². The fourth-order valence-electron chi connectivity index (χ4n) is 1.93. The van der Waals surface area contributed by atoms with Crippen molar-refractivity contribution in [3.05, 3.63) is 48.5 Å². The first-order valence-electron chi connectivity index (χ1n) is 6.32. The van der Waals surface area contributed by atoms with E-state index in [1.54, 1.807) is 6.20 Å². The number of nitrogens with one attached hydrogen (secondary N) is 2. The van der Waals surface area contributed by atoms with Crippen molar-refractivity contribution in [3.63, 3.8) is 0 Å². The molecule has 0 aliphatic heterocycles. The monoisotopic (exact) mass is 270 g/mol. The summed E-state index contributed by atoms with van der Waals surface area (Å²) in [6.07, 6.45) is 7.51. The molecule has 0 radical (unpaired) electrons. The van der Waals surface area contributed by atoms with Crippen molar-refractivity contribution < 1.29 is 4.52 Å². The van der Waals surface area contributed by atoms with E-state index in [2.05, 4.69) is 30.6 Å². The van der Waals surface area contributed by atoms with Gasteiger partial charge in [-0.15, -0.1) is 0 Å². The minimum Gasteiger partial charge on any atom is -0.340 e. The van der Waals surface area contributed by atoms with Gasteiger partial charge in [0.25, 0.3) is 0 Å². The molecule has 0 aliphatic rings. The van der Waals surface area contributed by atoms with Crippen molar-refractivity contribution in [2.75, 3.05) is 6.54 Å². The fraction of sp³-hybridized carbons (Fsp3) is 0.231. The van der Waals surface area contributed by atoms with Crippen LogP contribution < -0.4 is 5.32 Å². The molecule has 3 heterocycles. The average Bonchev–Trinajstić information content (AvgIpc) is 3.16. The van der Waals surface area contributed by atoms with Crippen LogP contribution in [0.15, 0.2) is 41.6 Å². The molecule has 0 bridgehead atoms. The predicted octanol–water partition coefficient (Wildman–Crippen LogP) is 1.19. The average molecular weight is 270 g/mol. The maximum absolute atomic E-state index is 4.94. The topological polar surface area (TPSA) is 92.5 Å². The Balaban J connectivity index is 1.57. The van der Waals surface area contributed by atoms with Crippen LogP contribution in [0.4, 0.5) is 0 Å². The van der Waals surface area contributed by atoms with E-state index in [-0.39, 0.29) is 0 Å². The van der Waals surface area contributed by atoms with E-state index < -0.39 is 0 Å². The van der Waals surface area contributed by atoms with Crippen molar-refractivity contribution in [2.45, 2.75) is 13.0 Å². The molecule has 2 N–H and O–H groups in total. The molecule has 0 spiro atoms. The molecule has 0 saturated carbocycles. The lowest BCUT2D eigenvalue weighted by Crippen LogP contribution is -2.16. The highest BCUT2D eigenvalue weighted by molar-refractivity contribution is 5.61. The zero-order valence-electron chi connectivity index (χ0n) is 10.8. The highest BCUT2D eigenvalue weighted by Crippen LogP contribution is 2.19. The predicted molar refractivity (Wildman–Crippen MR) is 71.5 cm³/mol. The van der Waals surface area contributed by atoms with Crippen LogP contribution in [0.2, 0.25) is 0 Å². The molecular weight excluding hydrogens is 256 g/mol. The number of hydrogen-bond donors (Lipinski definition) is 2. The van der Waals surface area contributed by atoms with Gasteiger partial charge in [0.15, 0.2) is 6.33 Å². The van der Waals surface area contributed by atoms with Gasteiger partial charge in [0.05, 0.1) is 11.9 Å². The van der Waals surface area contributed by atoms with E-state index in [0.717, 1.165) is 29.9 Å². The van der Waals surface area contributed by atoms with E-state index in [1.165, 1.54) is 6.33 Å². The Morgan fingerprint density at radius 1 is 1.30 bits per heavy atom. The molecule has 0 amide bonds. The van der Waals surface area contributed by atoms with E-state index in [1.807, 2.05) is 24.5 Å². The van der Waals surface area contributed by atoms with Gasteiger partial charge in [-0.3, -0.25) is 10.1 Å². The maximum atomic E-state index is 4.94. The largest absolute Gasteiger partial charge is 0.340 e. The molecule has 20 heavy (non-hydrogen) atoms. The third-order valence-corrected chi connectivity index (χ3v) is 2.91. The van der Waals surface area contributed by atoms with Crippen LogP contribution in [-0.2, 0) is 13.0 Å². The number of H-pyrrole nitrogens is 1. The first kappa shape index (κ1) is 12.5. The van der Waals surface area contributed by atoms with Crippen LogP contribution in [0, 0.1) is 0 Å². The Hall–Kier alpha value is -2.54. The number of hydrogen-bond acceptors (Lipinski definition) is 6. The van der Waals surface area contributed by atoms with Gasteiger partial charge < -0.3 is 9.84 Å². The summed E-state index contributed by atoms with van der Waals surface area (Å²) in [6, 6.07) is 3.91. The third-order valence-electron chi connectivity index (χ3n) is 2.91. The second-order valence-electron chi connectivity index (χ2n) is 4.27. The molecule has 0 aliphatic carbocycles. The van der Waals surface area contributed by atoms with Gasteiger partial charge in [0.1, 0.15) is 0 Å². The van der Waals surface area contributed by atoms with E-state index in [0.29, 0.717) is 12.3 Å². The molecule has 0 unspecified atom stereocenters. The van der Waals surface area contributed by atoms with Crippen LogP contribution >= 0.6 is 0 Å². The maximum Gasteiger partial charge on any atom is 0.227 e. The Kier molecular flexibility index (Phi) is 3.79. The molecule has 7 heteroatoms. The quantitative estimate of drug-likeness (QED) is 0.653. The minimum atomic E-state index is 0.636.